The number of nitrogens with zero attached hydrogens (tertiary/aromatic N) is 3. The number of pyridine rings is 1. The number of ether oxygens (including phenoxy) is 1. The van der Waals surface area contributed by atoms with E-state index in [4.69, 9.17) is 19.7 Å². The molecule has 0 N–H and O–H groups in total. The van der Waals surface area contributed by atoms with Gasteiger partial charge < -0.3 is 4.74 Å². The summed E-state index contributed by atoms with van der Waals surface area (Å²) in [6.07, 6.45) is 1.99. The van der Waals surface area contributed by atoms with Crippen molar-refractivity contribution >= 4 is 10.8 Å². The summed E-state index contributed by atoms with van der Waals surface area (Å²) in [5.41, 5.74) is 15.8. The van der Waals surface area contributed by atoms with E-state index in [0.29, 0.717) is 0 Å². The van der Waals surface area contributed by atoms with Gasteiger partial charge in [-0.25, -0.2) is 9.97 Å². The van der Waals surface area contributed by atoms with Crippen molar-refractivity contribution in [3.63, 3.8) is 0 Å². The summed E-state index contributed by atoms with van der Waals surface area (Å²) in [4.78, 5) is 15.0. The lowest BCUT2D eigenvalue weighted by molar-refractivity contribution is 0.436. The van der Waals surface area contributed by atoms with Gasteiger partial charge in [0.25, 0.3) is 0 Å². The summed E-state index contributed by atoms with van der Waals surface area (Å²) >= 11 is 0. The Morgan fingerprint density at radius 3 is 2.00 bits per heavy atom. The lowest BCUT2D eigenvalue weighted by atomic mass is 9.65. The summed E-state index contributed by atoms with van der Waals surface area (Å²) < 4.78 is 6.81. The lowest BCUT2D eigenvalue weighted by Gasteiger charge is -2.39. The third-order valence-corrected chi connectivity index (χ3v) is 11.6. The molecule has 1 unspecified atom stereocenters. The van der Waals surface area contributed by atoms with Crippen molar-refractivity contribution in [2.24, 2.45) is 0 Å². The summed E-state index contributed by atoms with van der Waals surface area (Å²) in [5, 5.41) is 2.36. The molecular weight excluding hydrogens is 683 g/mol. The molecule has 264 valence electrons. The number of aryl methyl sites for hydroxylation is 2. The van der Waals surface area contributed by atoms with Crippen LogP contribution in [0, 0.1) is 13.8 Å². The molecule has 11 rings (SSSR count). The molecule has 2 aliphatic rings. The van der Waals surface area contributed by atoms with E-state index < -0.39 is 5.41 Å². The van der Waals surface area contributed by atoms with Crippen LogP contribution in [0.5, 0.6) is 11.5 Å². The van der Waals surface area contributed by atoms with Crippen LogP contribution in [0.15, 0.2) is 176 Å². The van der Waals surface area contributed by atoms with E-state index in [9.17, 15) is 0 Å². The smallest absolute Gasteiger partial charge is 0.132 e. The van der Waals surface area contributed by atoms with Gasteiger partial charge in [0.15, 0.2) is 0 Å². The van der Waals surface area contributed by atoms with Crippen LogP contribution in [0.1, 0.15) is 33.6 Å². The van der Waals surface area contributed by atoms with Crippen LogP contribution in [-0.2, 0) is 5.41 Å². The first-order chi connectivity index (χ1) is 27.6. The normalized spacial score (nSPS) is 14.8. The van der Waals surface area contributed by atoms with Gasteiger partial charge in [0.1, 0.15) is 17.3 Å². The van der Waals surface area contributed by atoms with E-state index in [2.05, 4.69) is 171 Å². The summed E-state index contributed by atoms with van der Waals surface area (Å²) in [6, 6.07) is 60.5. The maximum absolute atomic E-state index is 6.81. The molecule has 4 heteroatoms. The number of hydrogen-bond donors (Lipinski definition) is 0. The molecule has 2 aromatic heterocycles. The van der Waals surface area contributed by atoms with E-state index in [0.717, 1.165) is 78.9 Å². The molecule has 0 saturated carbocycles. The molecule has 0 saturated heterocycles. The van der Waals surface area contributed by atoms with Gasteiger partial charge >= 0.3 is 0 Å². The van der Waals surface area contributed by atoms with Crippen LogP contribution in [0.3, 0.4) is 0 Å². The second-order valence-corrected chi connectivity index (χ2v) is 14.8. The largest absolute Gasteiger partial charge is 0.457 e. The predicted molar refractivity (Wildman–Crippen MR) is 226 cm³/mol. The zero-order valence-corrected chi connectivity index (χ0v) is 31.0. The number of fused-ring (bicyclic) bond motifs is 10. The highest BCUT2D eigenvalue weighted by molar-refractivity contribution is 5.99. The average molecular weight is 718 g/mol. The van der Waals surface area contributed by atoms with E-state index in [1.807, 2.05) is 19.2 Å². The summed E-state index contributed by atoms with van der Waals surface area (Å²) in [7, 11) is 0. The van der Waals surface area contributed by atoms with E-state index in [1.54, 1.807) is 0 Å². The Balaban J connectivity index is 1.16. The molecular formula is C52H35N3O. The Labute approximate surface area is 325 Å². The fourth-order valence-corrected chi connectivity index (χ4v) is 9.22. The van der Waals surface area contributed by atoms with Gasteiger partial charge in [-0.05, 0) is 93.9 Å². The van der Waals surface area contributed by atoms with E-state index in [1.165, 1.54) is 33.0 Å². The van der Waals surface area contributed by atoms with Crippen molar-refractivity contribution in [1.82, 2.24) is 15.0 Å². The highest BCUT2D eigenvalue weighted by atomic mass is 16.5. The minimum absolute atomic E-state index is 0.647. The topological polar surface area (TPSA) is 47.9 Å². The number of para-hydroxylation sites is 1. The molecule has 0 fully saturated rings. The summed E-state index contributed by atoms with van der Waals surface area (Å²) in [5.74, 6) is 2.45. The number of rotatable bonds is 4. The monoisotopic (exact) mass is 717 g/mol. The summed E-state index contributed by atoms with van der Waals surface area (Å²) in [6.45, 7) is 4.13. The van der Waals surface area contributed by atoms with Crippen molar-refractivity contribution in [2.45, 2.75) is 19.3 Å². The Morgan fingerprint density at radius 2 is 1.11 bits per heavy atom. The Morgan fingerprint density at radius 1 is 0.446 bits per heavy atom. The van der Waals surface area contributed by atoms with Gasteiger partial charge in [0, 0.05) is 34.0 Å². The first-order valence-electron chi connectivity index (χ1n) is 19.1. The second kappa shape index (κ2) is 12.4. The van der Waals surface area contributed by atoms with Crippen LogP contribution in [0.4, 0.5) is 0 Å². The SMILES string of the molecule is Cc1nc(-c2cccc3c2-c2ccccc2C32c3ccccc3Oc3ccc(-c4cc(-c5ccccc5)ncc4C)cc32)cc(-c2cccc3ccccc23)n1. The Bertz CT molecular complexity index is 3040. The van der Waals surface area contributed by atoms with Crippen molar-refractivity contribution in [3.05, 3.63) is 210 Å². The van der Waals surface area contributed by atoms with Gasteiger partial charge in [-0.1, -0.05) is 140 Å². The minimum Gasteiger partial charge on any atom is -0.457 e. The molecule has 1 aliphatic heterocycles. The number of hydrogen-bond acceptors (Lipinski definition) is 4. The molecule has 0 radical (unpaired) electrons. The zero-order valence-electron chi connectivity index (χ0n) is 31.0. The Hall–Kier alpha value is -7.17. The standard InChI is InChI=1S/C52H35N3O/c1-32-31-53-46(35-15-4-3-5-16-35)29-41(32)36-26-27-50-45(28-36)52(43-23-10-11-25-49(43)56-50)42-22-9-8-19-39(42)51-40(21-13-24-44(51)52)48-30-47(54-33(2)55-48)38-20-12-17-34-14-6-7-18-37(34)38/h3-31H,1-2H3. The molecule has 4 nitrogen and oxygen atoms in total. The van der Waals surface area contributed by atoms with Crippen LogP contribution in [0.2, 0.25) is 0 Å². The first-order valence-corrected chi connectivity index (χ1v) is 19.1. The van der Waals surface area contributed by atoms with Gasteiger partial charge in [-0.15, -0.1) is 0 Å². The zero-order chi connectivity index (χ0) is 37.4. The molecule has 0 amide bonds. The van der Waals surface area contributed by atoms with Gasteiger partial charge in [-0.2, -0.15) is 0 Å². The molecule has 9 aromatic rings. The highest BCUT2D eigenvalue weighted by Gasteiger charge is 2.51. The third-order valence-electron chi connectivity index (χ3n) is 11.6. The van der Waals surface area contributed by atoms with Gasteiger partial charge in [0.05, 0.1) is 22.5 Å². The Kier molecular flexibility index (Phi) is 7.17. The molecule has 56 heavy (non-hydrogen) atoms. The lowest BCUT2D eigenvalue weighted by Crippen LogP contribution is -2.32. The number of benzene rings is 7. The molecule has 1 atom stereocenters. The van der Waals surface area contributed by atoms with Gasteiger partial charge in [-0.3, -0.25) is 4.98 Å². The van der Waals surface area contributed by atoms with E-state index >= 15 is 0 Å². The fourth-order valence-electron chi connectivity index (χ4n) is 9.22. The van der Waals surface area contributed by atoms with Crippen LogP contribution in [0.25, 0.3) is 66.8 Å². The minimum atomic E-state index is -0.647. The maximum Gasteiger partial charge on any atom is 0.132 e. The third kappa shape index (κ3) is 4.75. The highest BCUT2D eigenvalue weighted by Crippen LogP contribution is 2.63. The van der Waals surface area contributed by atoms with Crippen molar-refractivity contribution in [2.75, 3.05) is 0 Å². The van der Waals surface area contributed by atoms with Crippen LogP contribution >= 0.6 is 0 Å². The molecule has 0 bridgehead atoms. The predicted octanol–water partition coefficient (Wildman–Crippen LogP) is 12.8. The van der Waals surface area contributed by atoms with Crippen LogP contribution < -0.4 is 4.74 Å². The van der Waals surface area contributed by atoms with Gasteiger partial charge in [0.2, 0.25) is 0 Å². The molecule has 1 spiro atoms. The van der Waals surface area contributed by atoms with Crippen molar-refractivity contribution < 1.29 is 4.74 Å². The van der Waals surface area contributed by atoms with Crippen molar-refractivity contribution in [3.8, 4) is 67.5 Å². The molecule has 1 aliphatic carbocycles. The van der Waals surface area contributed by atoms with E-state index in [-0.39, 0.29) is 0 Å². The number of aromatic nitrogens is 3. The molecule has 7 aromatic carbocycles. The second-order valence-electron chi connectivity index (χ2n) is 14.8. The average Bonchev–Trinajstić information content (AvgIpc) is 3.54. The maximum atomic E-state index is 6.81. The fraction of sp³-hybridized carbons (Fsp3) is 0.0577. The van der Waals surface area contributed by atoms with Crippen LogP contribution in [-0.4, -0.2) is 15.0 Å². The first kappa shape index (κ1) is 32.3. The quantitative estimate of drug-likeness (QED) is 0.182. The molecule has 3 heterocycles. The van der Waals surface area contributed by atoms with Crippen molar-refractivity contribution in [1.29, 1.82) is 0 Å².